The lowest BCUT2D eigenvalue weighted by molar-refractivity contribution is -0.122. The number of carbonyl (C=O) groups excluding carboxylic acids is 2. The highest BCUT2D eigenvalue weighted by Crippen LogP contribution is 2.42. The molecule has 0 bridgehead atoms. The molecule has 0 radical (unpaired) electrons. The third-order valence-corrected chi connectivity index (χ3v) is 4.11. The Morgan fingerprint density at radius 1 is 1.23 bits per heavy atom. The van der Waals surface area contributed by atoms with Crippen LogP contribution >= 0.6 is 0 Å². The van der Waals surface area contributed by atoms with Crippen LogP contribution in [-0.2, 0) is 9.59 Å². The summed E-state index contributed by atoms with van der Waals surface area (Å²) in [7, 11) is 4.51. The summed E-state index contributed by atoms with van der Waals surface area (Å²) in [5, 5.41) is 8.82. The van der Waals surface area contributed by atoms with E-state index in [-0.39, 0.29) is 30.7 Å². The number of ether oxygens (including phenoxy) is 3. The summed E-state index contributed by atoms with van der Waals surface area (Å²) in [6.45, 7) is 0.234. The average Bonchev–Trinajstić information content (AvgIpc) is 3.29. The van der Waals surface area contributed by atoms with Gasteiger partial charge in [0, 0.05) is 25.1 Å². The van der Waals surface area contributed by atoms with E-state index in [1.807, 2.05) is 0 Å². The number of hydrogen-bond donors (Lipinski definition) is 2. The second-order valence-corrected chi connectivity index (χ2v) is 5.61. The third-order valence-electron chi connectivity index (χ3n) is 4.11. The first-order valence-electron chi connectivity index (χ1n) is 7.84. The van der Waals surface area contributed by atoms with Crippen LogP contribution in [0.1, 0.15) is 6.42 Å². The van der Waals surface area contributed by atoms with Crippen LogP contribution in [0.5, 0.6) is 17.2 Å². The molecule has 3 rings (SSSR count). The molecule has 2 N–H and O–H groups in total. The maximum absolute atomic E-state index is 12.4. The van der Waals surface area contributed by atoms with Crippen molar-refractivity contribution in [3.63, 3.8) is 0 Å². The van der Waals surface area contributed by atoms with Gasteiger partial charge < -0.3 is 19.1 Å². The van der Waals surface area contributed by atoms with E-state index in [2.05, 4.69) is 20.5 Å². The number of aromatic amines is 1. The predicted octanol–water partition coefficient (Wildman–Crippen LogP) is 0.822. The Bertz CT molecular complexity index is 782. The Labute approximate surface area is 149 Å². The van der Waals surface area contributed by atoms with Crippen molar-refractivity contribution in [2.24, 2.45) is 5.92 Å². The van der Waals surface area contributed by atoms with Crippen LogP contribution in [0, 0.1) is 5.92 Å². The molecule has 1 saturated heterocycles. The highest BCUT2D eigenvalue weighted by atomic mass is 16.5. The van der Waals surface area contributed by atoms with Gasteiger partial charge in [0.25, 0.3) is 0 Å². The lowest BCUT2D eigenvalue weighted by atomic mass is 10.1. The van der Waals surface area contributed by atoms with Crippen molar-refractivity contribution < 1.29 is 23.8 Å². The van der Waals surface area contributed by atoms with E-state index in [0.29, 0.717) is 22.9 Å². The Morgan fingerprint density at radius 2 is 1.92 bits per heavy atom. The molecule has 0 saturated carbocycles. The number of benzene rings is 1. The number of carbonyl (C=O) groups is 2. The highest BCUT2D eigenvalue weighted by molar-refractivity contribution is 6.03. The summed E-state index contributed by atoms with van der Waals surface area (Å²) in [6.07, 6.45) is 1.38. The van der Waals surface area contributed by atoms with Gasteiger partial charge in [-0.3, -0.25) is 14.9 Å². The lowest BCUT2D eigenvalue weighted by Gasteiger charge is -2.20. The van der Waals surface area contributed by atoms with E-state index in [1.54, 1.807) is 12.1 Å². The maximum Gasteiger partial charge on any atom is 0.232 e. The average molecular weight is 361 g/mol. The molecule has 2 aromatic rings. The van der Waals surface area contributed by atoms with Gasteiger partial charge in [0.1, 0.15) is 6.33 Å². The second-order valence-electron chi connectivity index (χ2n) is 5.61. The molecular weight excluding hydrogens is 342 g/mol. The van der Waals surface area contributed by atoms with Crippen molar-refractivity contribution in [3.8, 4) is 17.2 Å². The van der Waals surface area contributed by atoms with Crippen LogP contribution in [0.3, 0.4) is 0 Å². The number of anilines is 2. The number of nitrogens with one attached hydrogen (secondary N) is 2. The van der Waals surface area contributed by atoms with Crippen molar-refractivity contribution in [2.75, 3.05) is 38.1 Å². The lowest BCUT2D eigenvalue weighted by Crippen LogP contribution is -2.28. The van der Waals surface area contributed by atoms with Crippen LogP contribution in [0.4, 0.5) is 11.6 Å². The van der Waals surface area contributed by atoms with Gasteiger partial charge in [-0.15, -0.1) is 0 Å². The van der Waals surface area contributed by atoms with Gasteiger partial charge in [-0.1, -0.05) is 0 Å². The van der Waals surface area contributed by atoms with E-state index >= 15 is 0 Å². The molecule has 138 valence electrons. The molecule has 1 aliphatic heterocycles. The van der Waals surface area contributed by atoms with Crippen molar-refractivity contribution in [3.05, 3.63) is 18.5 Å². The van der Waals surface area contributed by atoms with Crippen molar-refractivity contribution in [1.82, 2.24) is 15.2 Å². The number of aromatic nitrogens is 3. The maximum atomic E-state index is 12.4. The molecule has 0 spiro atoms. The molecule has 10 nitrogen and oxygen atoms in total. The zero-order chi connectivity index (χ0) is 18.7. The minimum Gasteiger partial charge on any atom is -0.493 e. The number of rotatable bonds is 6. The number of methoxy groups -OCH3 is 3. The van der Waals surface area contributed by atoms with Gasteiger partial charge in [-0.25, -0.2) is 5.10 Å². The molecule has 1 aromatic heterocycles. The number of hydrogen-bond acceptors (Lipinski definition) is 7. The highest BCUT2D eigenvalue weighted by Gasteiger charge is 2.36. The first kappa shape index (κ1) is 17.5. The SMILES string of the molecule is COc1cc(N2C[C@@H](C(=O)Nc3ncn[nH]3)CC2=O)cc(OC)c1OC. The molecule has 10 heteroatoms. The minimum absolute atomic E-state index is 0.0939. The van der Waals surface area contributed by atoms with Gasteiger partial charge in [0.2, 0.25) is 23.5 Å². The molecule has 2 heterocycles. The molecule has 1 aromatic carbocycles. The zero-order valence-corrected chi connectivity index (χ0v) is 14.6. The first-order chi connectivity index (χ1) is 12.6. The normalized spacial score (nSPS) is 16.5. The fraction of sp³-hybridized carbons (Fsp3) is 0.375. The monoisotopic (exact) mass is 361 g/mol. The third kappa shape index (κ3) is 3.25. The molecule has 0 unspecified atom stereocenters. The molecule has 26 heavy (non-hydrogen) atoms. The van der Waals surface area contributed by atoms with E-state index in [4.69, 9.17) is 14.2 Å². The standard InChI is InChI=1S/C16H19N5O5/c1-24-11-5-10(6-12(25-2)14(11)26-3)21-7-9(4-13(21)22)15(23)19-16-17-8-18-20-16/h5-6,8-9H,4,7H2,1-3H3,(H2,17,18,19,20,23)/t9-/m0/s1. The Hall–Kier alpha value is -3.30. The molecule has 2 amide bonds. The first-order valence-corrected chi connectivity index (χ1v) is 7.84. The van der Waals surface area contributed by atoms with Crippen molar-refractivity contribution in [1.29, 1.82) is 0 Å². The number of nitrogens with zero attached hydrogens (tertiary/aromatic N) is 3. The van der Waals surface area contributed by atoms with Crippen LogP contribution in [-0.4, -0.2) is 54.9 Å². The second kappa shape index (κ2) is 7.30. The van der Waals surface area contributed by atoms with Gasteiger partial charge in [-0.05, 0) is 0 Å². The zero-order valence-electron chi connectivity index (χ0n) is 14.6. The van der Waals surface area contributed by atoms with Crippen LogP contribution in [0.2, 0.25) is 0 Å². The fourth-order valence-corrected chi connectivity index (χ4v) is 2.84. The summed E-state index contributed by atoms with van der Waals surface area (Å²) >= 11 is 0. The molecule has 1 fully saturated rings. The van der Waals surface area contributed by atoms with Gasteiger partial charge >= 0.3 is 0 Å². The summed E-state index contributed by atoms with van der Waals surface area (Å²) in [4.78, 5) is 30.1. The van der Waals surface area contributed by atoms with E-state index in [1.165, 1.54) is 32.6 Å². The Morgan fingerprint density at radius 3 is 2.46 bits per heavy atom. The Kier molecular flexibility index (Phi) is 4.92. The summed E-state index contributed by atoms with van der Waals surface area (Å²) in [6, 6.07) is 3.35. The topological polar surface area (TPSA) is 119 Å². The molecular formula is C16H19N5O5. The van der Waals surface area contributed by atoms with Crippen LogP contribution in [0.25, 0.3) is 0 Å². The van der Waals surface area contributed by atoms with Gasteiger partial charge in [-0.2, -0.15) is 10.1 Å². The predicted molar refractivity (Wildman–Crippen MR) is 91.6 cm³/mol. The van der Waals surface area contributed by atoms with Crippen molar-refractivity contribution >= 4 is 23.5 Å². The summed E-state index contributed by atoms with van der Waals surface area (Å²) < 4.78 is 15.9. The molecule has 1 atom stereocenters. The van der Waals surface area contributed by atoms with E-state index in [9.17, 15) is 9.59 Å². The fourth-order valence-electron chi connectivity index (χ4n) is 2.84. The Balaban J connectivity index is 1.81. The molecule has 0 aliphatic carbocycles. The quantitative estimate of drug-likeness (QED) is 0.782. The minimum atomic E-state index is -0.508. The van der Waals surface area contributed by atoms with E-state index in [0.717, 1.165) is 0 Å². The smallest absolute Gasteiger partial charge is 0.232 e. The van der Waals surface area contributed by atoms with Crippen LogP contribution < -0.4 is 24.4 Å². The number of H-pyrrole nitrogens is 1. The largest absolute Gasteiger partial charge is 0.493 e. The van der Waals surface area contributed by atoms with Crippen molar-refractivity contribution in [2.45, 2.75) is 6.42 Å². The number of amides is 2. The van der Waals surface area contributed by atoms with E-state index < -0.39 is 5.92 Å². The summed E-state index contributed by atoms with van der Waals surface area (Å²) in [5.74, 6) is 0.570. The van der Waals surface area contributed by atoms with Gasteiger partial charge in [0.15, 0.2) is 11.5 Å². The van der Waals surface area contributed by atoms with Crippen LogP contribution in [0.15, 0.2) is 18.5 Å². The van der Waals surface area contributed by atoms with Gasteiger partial charge in [0.05, 0.1) is 32.9 Å². The molecule has 1 aliphatic rings. The summed E-state index contributed by atoms with van der Waals surface area (Å²) in [5.41, 5.74) is 0.569.